The highest BCUT2D eigenvalue weighted by Crippen LogP contribution is 2.20. The number of carbonyl (C=O) groups is 2. The molecule has 0 aliphatic carbocycles. The predicted molar refractivity (Wildman–Crippen MR) is 88.7 cm³/mol. The van der Waals surface area contributed by atoms with Crippen molar-refractivity contribution in [1.29, 1.82) is 0 Å². The van der Waals surface area contributed by atoms with Crippen LogP contribution in [0.3, 0.4) is 0 Å². The number of ether oxygens (including phenoxy) is 2. The van der Waals surface area contributed by atoms with Crippen LogP contribution in [0.1, 0.15) is 40.0 Å². The first-order valence-electron chi connectivity index (χ1n) is 7.53. The van der Waals surface area contributed by atoms with Crippen LogP contribution < -0.4 is 0 Å². The monoisotopic (exact) mass is 330 g/mol. The topological polar surface area (TPSA) is 93.1 Å². The number of carbonyl (C=O) groups excluding carboxylic acids is 2. The van der Waals surface area contributed by atoms with E-state index in [1.54, 1.807) is 0 Å². The van der Waals surface area contributed by atoms with Gasteiger partial charge in [-0.1, -0.05) is 33.9 Å². The Morgan fingerprint density at radius 2 is 1.43 bits per heavy atom. The molecule has 0 heterocycles. The van der Waals surface area contributed by atoms with Gasteiger partial charge in [-0.3, -0.25) is 0 Å². The Hall–Kier alpha value is -1.66. The second-order valence-electron chi connectivity index (χ2n) is 6.05. The van der Waals surface area contributed by atoms with Crippen molar-refractivity contribution in [3.05, 3.63) is 25.3 Å². The van der Waals surface area contributed by atoms with Crippen molar-refractivity contribution < 1.29 is 29.3 Å². The van der Waals surface area contributed by atoms with Crippen molar-refractivity contribution in [2.45, 2.75) is 46.1 Å². The Balaban J connectivity index is 0. The third-order valence-electron chi connectivity index (χ3n) is 2.42. The van der Waals surface area contributed by atoms with E-state index in [0.29, 0.717) is 32.5 Å². The van der Waals surface area contributed by atoms with Gasteiger partial charge in [0, 0.05) is 12.2 Å². The van der Waals surface area contributed by atoms with Crippen LogP contribution in [0.2, 0.25) is 0 Å². The van der Waals surface area contributed by atoms with Gasteiger partial charge in [-0.25, -0.2) is 9.59 Å². The van der Waals surface area contributed by atoms with Crippen LogP contribution in [-0.4, -0.2) is 48.1 Å². The Morgan fingerprint density at radius 1 is 1.04 bits per heavy atom. The fraction of sp³-hybridized carbons (Fsp3) is 0.647. The molecule has 0 aliphatic heterocycles. The van der Waals surface area contributed by atoms with Gasteiger partial charge in [-0.2, -0.15) is 0 Å². The lowest BCUT2D eigenvalue weighted by atomic mass is 9.89. The highest BCUT2D eigenvalue weighted by molar-refractivity contribution is 5.81. The van der Waals surface area contributed by atoms with Crippen molar-refractivity contribution in [2.75, 3.05) is 19.8 Å². The van der Waals surface area contributed by atoms with Gasteiger partial charge in [-0.15, -0.1) is 0 Å². The smallest absolute Gasteiger partial charge is 0.330 e. The third-order valence-corrected chi connectivity index (χ3v) is 2.42. The van der Waals surface area contributed by atoms with E-state index in [2.05, 4.69) is 13.2 Å². The second kappa shape index (κ2) is 14.0. The molecular weight excluding hydrogens is 300 g/mol. The quantitative estimate of drug-likeness (QED) is 0.381. The Bertz CT molecular complexity index is 333. The zero-order chi connectivity index (χ0) is 18.3. The van der Waals surface area contributed by atoms with Crippen molar-refractivity contribution in [2.24, 2.45) is 5.41 Å². The SMILES string of the molecule is C=CC(=O)OCCCCOC(=O)C=C.CC(C)(C)CC(O)CO. The Labute approximate surface area is 138 Å². The molecule has 0 aromatic rings. The van der Waals surface area contributed by atoms with E-state index >= 15 is 0 Å². The lowest BCUT2D eigenvalue weighted by Crippen LogP contribution is -2.20. The lowest BCUT2D eigenvalue weighted by molar-refractivity contribution is -0.140. The second-order valence-corrected chi connectivity index (χ2v) is 6.05. The molecule has 0 aliphatic rings. The average molecular weight is 330 g/mol. The summed E-state index contributed by atoms with van der Waals surface area (Å²) in [6, 6.07) is 0. The van der Waals surface area contributed by atoms with E-state index < -0.39 is 18.0 Å². The van der Waals surface area contributed by atoms with Gasteiger partial charge in [0.25, 0.3) is 0 Å². The molecule has 0 saturated heterocycles. The molecule has 134 valence electrons. The molecule has 6 nitrogen and oxygen atoms in total. The zero-order valence-corrected chi connectivity index (χ0v) is 14.4. The number of rotatable bonds is 9. The number of esters is 2. The van der Waals surface area contributed by atoms with Crippen LogP contribution in [0, 0.1) is 5.41 Å². The molecule has 6 heteroatoms. The summed E-state index contributed by atoms with van der Waals surface area (Å²) >= 11 is 0. The van der Waals surface area contributed by atoms with Crippen molar-refractivity contribution in [3.8, 4) is 0 Å². The van der Waals surface area contributed by atoms with E-state index in [0.717, 1.165) is 12.2 Å². The number of unbranched alkanes of at least 4 members (excludes halogenated alkanes) is 1. The maximum absolute atomic E-state index is 10.6. The van der Waals surface area contributed by atoms with Gasteiger partial charge >= 0.3 is 11.9 Å². The number of aliphatic hydroxyl groups excluding tert-OH is 2. The van der Waals surface area contributed by atoms with Crippen molar-refractivity contribution >= 4 is 11.9 Å². The summed E-state index contributed by atoms with van der Waals surface area (Å²) in [6.45, 7) is 13.1. The summed E-state index contributed by atoms with van der Waals surface area (Å²) in [5.41, 5.74) is 0.113. The largest absolute Gasteiger partial charge is 0.463 e. The minimum absolute atomic E-state index is 0.113. The van der Waals surface area contributed by atoms with Crippen molar-refractivity contribution in [3.63, 3.8) is 0 Å². The van der Waals surface area contributed by atoms with E-state index in [4.69, 9.17) is 19.7 Å². The Kier molecular flexibility index (Phi) is 14.3. The molecule has 0 rings (SSSR count). The summed E-state index contributed by atoms with van der Waals surface area (Å²) in [7, 11) is 0. The molecule has 2 N–H and O–H groups in total. The molecule has 0 saturated carbocycles. The van der Waals surface area contributed by atoms with Crippen LogP contribution in [0.5, 0.6) is 0 Å². The van der Waals surface area contributed by atoms with Crippen LogP contribution in [0.4, 0.5) is 0 Å². The highest BCUT2D eigenvalue weighted by Gasteiger charge is 2.15. The molecule has 0 aromatic carbocycles. The minimum atomic E-state index is -0.551. The summed E-state index contributed by atoms with van der Waals surface area (Å²) in [5.74, 6) is -0.874. The van der Waals surface area contributed by atoms with E-state index in [9.17, 15) is 9.59 Å². The summed E-state index contributed by atoms with van der Waals surface area (Å²) < 4.78 is 9.41. The van der Waals surface area contributed by atoms with Crippen LogP contribution in [-0.2, 0) is 19.1 Å². The van der Waals surface area contributed by atoms with Crippen LogP contribution in [0.25, 0.3) is 0 Å². The summed E-state index contributed by atoms with van der Waals surface area (Å²) in [5, 5.41) is 17.4. The molecule has 0 radical (unpaired) electrons. The fourth-order valence-corrected chi connectivity index (χ4v) is 1.44. The highest BCUT2D eigenvalue weighted by atomic mass is 16.5. The summed E-state index contributed by atoms with van der Waals surface area (Å²) in [4.78, 5) is 21.1. The maximum atomic E-state index is 10.6. The summed E-state index contributed by atoms with van der Waals surface area (Å²) in [6.07, 6.45) is 3.64. The third kappa shape index (κ3) is 20.3. The molecule has 1 unspecified atom stereocenters. The zero-order valence-electron chi connectivity index (χ0n) is 14.4. The molecule has 23 heavy (non-hydrogen) atoms. The van der Waals surface area contributed by atoms with Crippen LogP contribution in [0.15, 0.2) is 25.3 Å². The molecular formula is C17H30O6. The molecule has 0 aromatic heterocycles. The first kappa shape index (κ1) is 23.6. The predicted octanol–water partition coefficient (Wildman–Crippen LogP) is 2.00. The van der Waals surface area contributed by atoms with E-state index in [1.165, 1.54) is 0 Å². The first-order valence-corrected chi connectivity index (χ1v) is 7.53. The molecule has 0 amide bonds. The molecule has 1 atom stereocenters. The standard InChI is InChI=1S/C10H14O4.C7H16O2/c1-3-9(11)13-7-5-6-8-14-10(12)4-2;1-7(2,3)4-6(9)5-8/h3-4H,1-2,5-8H2;6,8-9H,4-5H2,1-3H3. The Morgan fingerprint density at radius 3 is 1.65 bits per heavy atom. The first-order chi connectivity index (χ1) is 10.7. The molecule has 0 fully saturated rings. The van der Waals surface area contributed by atoms with Crippen LogP contribution >= 0.6 is 0 Å². The van der Waals surface area contributed by atoms with Gasteiger partial charge in [-0.05, 0) is 24.7 Å². The van der Waals surface area contributed by atoms with E-state index in [-0.39, 0.29) is 12.0 Å². The van der Waals surface area contributed by atoms with Gasteiger partial charge < -0.3 is 19.7 Å². The number of hydrogen-bond donors (Lipinski definition) is 2. The molecule has 0 bridgehead atoms. The van der Waals surface area contributed by atoms with Gasteiger partial charge in [0.15, 0.2) is 0 Å². The normalized spacial score (nSPS) is 11.5. The lowest BCUT2D eigenvalue weighted by Gasteiger charge is -2.20. The average Bonchev–Trinajstić information content (AvgIpc) is 2.48. The fourth-order valence-electron chi connectivity index (χ4n) is 1.44. The van der Waals surface area contributed by atoms with Gasteiger partial charge in [0.05, 0.1) is 25.9 Å². The van der Waals surface area contributed by atoms with E-state index in [1.807, 2.05) is 20.8 Å². The number of hydrogen-bond acceptors (Lipinski definition) is 6. The van der Waals surface area contributed by atoms with Crippen molar-refractivity contribution in [1.82, 2.24) is 0 Å². The molecule has 0 spiro atoms. The van der Waals surface area contributed by atoms with Gasteiger partial charge in [0.1, 0.15) is 0 Å². The van der Waals surface area contributed by atoms with Gasteiger partial charge in [0.2, 0.25) is 0 Å². The number of aliphatic hydroxyl groups is 2. The maximum Gasteiger partial charge on any atom is 0.330 e. The minimum Gasteiger partial charge on any atom is -0.463 e.